The minimum absolute atomic E-state index is 0.100. The topological polar surface area (TPSA) is 52.6 Å². The summed E-state index contributed by atoms with van der Waals surface area (Å²) in [5.74, 6) is -1.11. The summed E-state index contributed by atoms with van der Waals surface area (Å²) < 4.78 is 23.4. The molecule has 0 aromatic carbocycles. The SMILES string of the molecule is C=C(CC(C)(F)C(=O)OCCCCCCCl)C(=O)OC. The number of hydrogen-bond donors (Lipinski definition) is 0. The van der Waals surface area contributed by atoms with Crippen molar-refractivity contribution in [1.29, 1.82) is 0 Å². The summed E-state index contributed by atoms with van der Waals surface area (Å²) in [7, 11) is 1.17. The normalized spacial score (nSPS) is 13.4. The third-order valence-corrected chi connectivity index (χ3v) is 2.97. The van der Waals surface area contributed by atoms with Gasteiger partial charge in [-0.1, -0.05) is 19.4 Å². The van der Waals surface area contributed by atoms with Crippen LogP contribution in [-0.4, -0.2) is 37.2 Å². The smallest absolute Gasteiger partial charge is 0.343 e. The molecule has 0 amide bonds. The van der Waals surface area contributed by atoms with E-state index in [9.17, 15) is 14.0 Å². The van der Waals surface area contributed by atoms with Crippen molar-refractivity contribution in [3.05, 3.63) is 12.2 Å². The zero-order valence-electron chi connectivity index (χ0n) is 12.0. The Morgan fingerprint density at radius 3 is 2.40 bits per heavy atom. The van der Waals surface area contributed by atoms with Crippen molar-refractivity contribution < 1.29 is 23.5 Å². The number of ether oxygens (including phenoxy) is 2. The molecule has 0 fully saturated rings. The van der Waals surface area contributed by atoms with E-state index in [1.165, 1.54) is 7.11 Å². The summed E-state index contributed by atoms with van der Waals surface area (Å²) in [5, 5.41) is 0. The number of unbranched alkanes of at least 4 members (excludes halogenated alkanes) is 3. The van der Waals surface area contributed by atoms with Gasteiger partial charge < -0.3 is 9.47 Å². The molecule has 0 aliphatic heterocycles. The van der Waals surface area contributed by atoms with Crippen molar-refractivity contribution in [2.24, 2.45) is 0 Å². The quantitative estimate of drug-likeness (QED) is 0.269. The lowest BCUT2D eigenvalue weighted by atomic mass is 9.99. The van der Waals surface area contributed by atoms with Crippen LogP contribution in [0.25, 0.3) is 0 Å². The van der Waals surface area contributed by atoms with Crippen LogP contribution in [0.2, 0.25) is 0 Å². The zero-order valence-corrected chi connectivity index (χ0v) is 12.8. The maximum absolute atomic E-state index is 14.1. The van der Waals surface area contributed by atoms with Gasteiger partial charge >= 0.3 is 11.9 Å². The monoisotopic (exact) mass is 308 g/mol. The first-order valence-corrected chi connectivity index (χ1v) is 7.06. The third-order valence-electron chi connectivity index (χ3n) is 2.71. The highest BCUT2D eigenvalue weighted by Gasteiger charge is 2.36. The molecule has 0 saturated carbocycles. The lowest BCUT2D eigenvalue weighted by Crippen LogP contribution is -2.34. The van der Waals surface area contributed by atoms with Crippen LogP contribution in [0.1, 0.15) is 39.0 Å². The van der Waals surface area contributed by atoms with Gasteiger partial charge in [0.25, 0.3) is 0 Å². The van der Waals surface area contributed by atoms with Crippen LogP contribution in [-0.2, 0) is 19.1 Å². The second-order valence-corrected chi connectivity index (χ2v) is 5.09. The molecular weight excluding hydrogens is 287 g/mol. The molecule has 0 spiro atoms. The van der Waals surface area contributed by atoms with E-state index in [2.05, 4.69) is 11.3 Å². The van der Waals surface area contributed by atoms with Gasteiger partial charge in [-0.25, -0.2) is 14.0 Å². The summed E-state index contributed by atoms with van der Waals surface area (Å²) in [4.78, 5) is 22.7. The molecule has 0 saturated heterocycles. The van der Waals surface area contributed by atoms with E-state index in [1.807, 2.05) is 0 Å². The number of alkyl halides is 2. The van der Waals surface area contributed by atoms with Gasteiger partial charge in [-0.05, 0) is 19.8 Å². The van der Waals surface area contributed by atoms with Gasteiger partial charge in [0.15, 0.2) is 0 Å². The average Bonchev–Trinajstić information content (AvgIpc) is 2.40. The minimum Gasteiger partial charge on any atom is -0.466 e. The molecule has 0 aromatic heterocycles. The fourth-order valence-electron chi connectivity index (χ4n) is 1.55. The fraction of sp³-hybridized carbons (Fsp3) is 0.714. The maximum Gasteiger partial charge on any atom is 0.343 e. The lowest BCUT2D eigenvalue weighted by molar-refractivity contribution is -0.157. The lowest BCUT2D eigenvalue weighted by Gasteiger charge is -2.19. The molecule has 1 atom stereocenters. The fourth-order valence-corrected chi connectivity index (χ4v) is 1.74. The van der Waals surface area contributed by atoms with E-state index in [4.69, 9.17) is 16.3 Å². The van der Waals surface area contributed by atoms with Crippen LogP contribution in [0.4, 0.5) is 4.39 Å². The molecule has 20 heavy (non-hydrogen) atoms. The van der Waals surface area contributed by atoms with Gasteiger partial charge in [0, 0.05) is 17.9 Å². The van der Waals surface area contributed by atoms with Gasteiger partial charge in [0.1, 0.15) is 0 Å². The van der Waals surface area contributed by atoms with E-state index in [0.717, 1.165) is 26.2 Å². The van der Waals surface area contributed by atoms with Crippen molar-refractivity contribution in [3.63, 3.8) is 0 Å². The Morgan fingerprint density at radius 1 is 1.25 bits per heavy atom. The van der Waals surface area contributed by atoms with Gasteiger partial charge in [0.05, 0.1) is 13.7 Å². The molecule has 0 heterocycles. The molecule has 0 aromatic rings. The second kappa shape index (κ2) is 9.75. The number of rotatable bonds is 10. The van der Waals surface area contributed by atoms with Crippen molar-refractivity contribution in [1.82, 2.24) is 0 Å². The molecule has 0 rings (SSSR count). The Labute approximate surface area is 124 Å². The second-order valence-electron chi connectivity index (χ2n) is 4.71. The Balaban J connectivity index is 4.05. The first-order valence-electron chi connectivity index (χ1n) is 6.53. The molecule has 0 aliphatic carbocycles. The molecule has 116 valence electrons. The van der Waals surface area contributed by atoms with Crippen LogP contribution >= 0.6 is 11.6 Å². The number of halogens is 2. The van der Waals surface area contributed by atoms with E-state index in [-0.39, 0.29) is 12.2 Å². The predicted octanol–water partition coefficient (Wildman–Crippen LogP) is 3.18. The van der Waals surface area contributed by atoms with Crippen LogP contribution < -0.4 is 0 Å². The predicted molar refractivity (Wildman–Crippen MR) is 75.4 cm³/mol. The number of carbonyl (C=O) groups is 2. The standard InChI is InChI=1S/C14H22ClFO4/c1-11(12(17)19-3)10-14(2,16)13(18)20-9-7-5-4-6-8-15/h1,4-10H2,2-3H3. The first-order chi connectivity index (χ1) is 9.35. The zero-order chi connectivity index (χ0) is 15.6. The van der Waals surface area contributed by atoms with Crippen LogP contribution in [0.15, 0.2) is 12.2 Å². The highest BCUT2D eigenvalue weighted by Crippen LogP contribution is 2.22. The van der Waals surface area contributed by atoms with Crippen molar-refractivity contribution >= 4 is 23.5 Å². The summed E-state index contributed by atoms with van der Waals surface area (Å²) in [5.41, 5.74) is -2.38. The molecule has 0 bridgehead atoms. The first kappa shape index (κ1) is 18.9. The summed E-state index contributed by atoms with van der Waals surface area (Å²) in [6.07, 6.45) is 2.96. The van der Waals surface area contributed by atoms with E-state index in [1.54, 1.807) is 0 Å². The number of hydrogen-bond acceptors (Lipinski definition) is 4. The van der Waals surface area contributed by atoms with Crippen LogP contribution in [0.5, 0.6) is 0 Å². The molecule has 1 unspecified atom stereocenters. The third kappa shape index (κ3) is 7.48. The number of methoxy groups -OCH3 is 1. The molecule has 6 heteroatoms. The summed E-state index contributed by atoms with van der Waals surface area (Å²) in [6.45, 7) is 4.61. The molecule has 0 radical (unpaired) electrons. The minimum atomic E-state index is -2.28. The van der Waals surface area contributed by atoms with Crippen molar-refractivity contribution in [3.8, 4) is 0 Å². The molecule has 4 nitrogen and oxygen atoms in total. The van der Waals surface area contributed by atoms with E-state index in [0.29, 0.717) is 12.3 Å². The maximum atomic E-state index is 14.1. The van der Waals surface area contributed by atoms with E-state index < -0.39 is 24.0 Å². The van der Waals surface area contributed by atoms with Gasteiger partial charge in [-0.15, -0.1) is 11.6 Å². The number of carbonyl (C=O) groups excluding carboxylic acids is 2. The Morgan fingerprint density at radius 2 is 1.85 bits per heavy atom. The summed E-state index contributed by atoms with van der Waals surface area (Å²) in [6, 6.07) is 0. The van der Waals surface area contributed by atoms with Gasteiger partial charge in [0.2, 0.25) is 5.67 Å². The highest BCUT2D eigenvalue weighted by molar-refractivity contribution is 6.17. The van der Waals surface area contributed by atoms with Gasteiger partial charge in [-0.2, -0.15) is 0 Å². The highest BCUT2D eigenvalue weighted by atomic mass is 35.5. The molecule has 0 N–H and O–H groups in total. The van der Waals surface area contributed by atoms with Gasteiger partial charge in [-0.3, -0.25) is 0 Å². The molecular formula is C14H22ClFO4. The Hall–Kier alpha value is -1.10. The largest absolute Gasteiger partial charge is 0.466 e. The number of esters is 2. The van der Waals surface area contributed by atoms with Crippen LogP contribution in [0, 0.1) is 0 Å². The van der Waals surface area contributed by atoms with Crippen LogP contribution in [0.3, 0.4) is 0 Å². The Kier molecular flexibility index (Phi) is 9.21. The Bertz CT molecular complexity index is 342. The van der Waals surface area contributed by atoms with E-state index >= 15 is 0 Å². The molecule has 0 aliphatic rings. The summed E-state index contributed by atoms with van der Waals surface area (Å²) >= 11 is 5.53. The van der Waals surface area contributed by atoms with Crippen molar-refractivity contribution in [2.75, 3.05) is 19.6 Å². The van der Waals surface area contributed by atoms with Crippen molar-refractivity contribution in [2.45, 2.75) is 44.7 Å². The average molecular weight is 309 g/mol.